The van der Waals surface area contributed by atoms with Gasteiger partial charge in [0.1, 0.15) is 0 Å². The number of ether oxygens (including phenoxy) is 1. The summed E-state index contributed by atoms with van der Waals surface area (Å²) < 4.78 is 5.48. The van der Waals surface area contributed by atoms with E-state index in [1.165, 1.54) is 283 Å². The summed E-state index contributed by atoms with van der Waals surface area (Å²) in [6.07, 6.45) is 76.2. The molecule has 0 rings (SSSR count). The van der Waals surface area contributed by atoms with E-state index >= 15 is 0 Å². The Balaban J connectivity index is 3.43. The molecule has 3 N–H and O–H groups in total. The average molecular weight is 1010 g/mol. The van der Waals surface area contributed by atoms with Crippen LogP contribution in [0.3, 0.4) is 0 Å². The fourth-order valence-corrected chi connectivity index (χ4v) is 10.2. The number of carbonyl (C=O) groups excluding carboxylic acids is 2. The van der Waals surface area contributed by atoms with Crippen LogP contribution >= 0.6 is 0 Å². The summed E-state index contributed by atoms with van der Waals surface area (Å²) >= 11 is 0. The molecule has 0 aliphatic heterocycles. The number of amides is 1. The number of esters is 1. The minimum atomic E-state index is -0.671. The molecule has 6 heteroatoms. The largest absolute Gasteiger partial charge is 0.466 e. The first-order valence-electron chi connectivity index (χ1n) is 32.6. The lowest BCUT2D eigenvalue weighted by atomic mass is 10.0. The standard InChI is InChI=1S/C66H127NO5/c1-3-5-7-9-11-13-15-17-19-21-24-27-30-34-38-42-46-50-54-58-64(69)63(62-68)67-65(70)59-55-51-47-43-39-35-31-28-25-22-23-26-29-33-37-41-45-49-53-57-61-72-66(71)60-56-52-48-44-40-36-32-20-18-16-14-12-10-8-6-4-2/h20,22,25,32,63-64,68-69H,3-19,21,23-24,26-31,33-62H2,1-2H3,(H,67,70)/b25-22-,32-20-. The van der Waals surface area contributed by atoms with Gasteiger partial charge in [-0.2, -0.15) is 0 Å². The maximum Gasteiger partial charge on any atom is 0.305 e. The van der Waals surface area contributed by atoms with Crippen molar-refractivity contribution in [2.24, 2.45) is 0 Å². The Hall–Kier alpha value is -1.66. The Morgan fingerprint density at radius 2 is 0.653 bits per heavy atom. The number of aliphatic hydroxyl groups excluding tert-OH is 2. The van der Waals surface area contributed by atoms with Crippen molar-refractivity contribution in [2.45, 2.75) is 373 Å². The van der Waals surface area contributed by atoms with Gasteiger partial charge in [0.2, 0.25) is 5.91 Å². The van der Waals surface area contributed by atoms with Gasteiger partial charge in [-0.15, -0.1) is 0 Å². The van der Waals surface area contributed by atoms with Gasteiger partial charge in [-0.1, -0.05) is 295 Å². The third kappa shape index (κ3) is 57.6. The Labute approximate surface area is 450 Å². The van der Waals surface area contributed by atoms with Gasteiger partial charge in [-0.3, -0.25) is 9.59 Å². The van der Waals surface area contributed by atoms with Gasteiger partial charge in [0, 0.05) is 12.8 Å². The monoisotopic (exact) mass is 1010 g/mol. The topological polar surface area (TPSA) is 95.9 Å². The highest BCUT2D eigenvalue weighted by atomic mass is 16.5. The summed E-state index contributed by atoms with van der Waals surface area (Å²) in [4.78, 5) is 24.6. The summed E-state index contributed by atoms with van der Waals surface area (Å²) in [6, 6.07) is -0.549. The molecule has 0 aromatic heterocycles. The number of allylic oxidation sites excluding steroid dienone is 4. The number of carbonyl (C=O) groups is 2. The van der Waals surface area contributed by atoms with E-state index in [0.717, 1.165) is 44.9 Å². The highest BCUT2D eigenvalue weighted by molar-refractivity contribution is 5.76. The van der Waals surface area contributed by atoms with Crippen LogP contribution in [0.5, 0.6) is 0 Å². The molecule has 0 spiro atoms. The Kier molecular flexibility index (Phi) is 60.5. The molecule has 2 unspecified atom stereocenters. The molecule has 6 nitrogen and oxygen atoms in total. The van der Waals surface area contributed by atoms with Crippen LogP contribution in [0.4, 0.5) is 0 Å². The molecular formula is C66H127NO5. The maximum absolute atomic E-state index is 12.5. The second-order valence-electron chi connectivity index (χ2n) is 22.4. The minimum absolute atomic E-state index is 0.000427. The summed E-state index contributed by atoms with van der Waals surface area (Å²) in [5.74, 6) is -0.0410. The number of unbranched alkanes of at least 4 members (excludes halogenated alkanes) is 46. The first kappa shape index (κ1) is 70.3. The summed E-state index contributed by atoms with van der Waals surface area (Å²) in [6.45, 7) is 4.96. The van der Waals surface area contributed by atoms with Crippen molar-refractivity contribution in [3.05, 3.63) is 24.3 Å². The molecule has 0 aliphatic rings. The second-order valence-corrected chi connectivity index (χ2v) is 22.4. The molecule has 426 valence electrons. The summed E-state index contributed by atoms with van der Waals surface area (Å²) in [5, 5.41) is 23.4. The van der Waals surface area contributed by atoms with Crippen molar-refractivity contribution < 1.29 is 24.5 Å². The van der Waals surface area contributed by atoms with E-state index in [2.05, 4.69) is 43.5 Å². The molecule has 0 radical (unpaired) electrons. The molecular weight excluding hydrogens is 887 g/mol. The van der Waals surface area contributed by atoms with E-state index in [1.54, 1.807) is 0 Å². The average Bonchev–Trinajstić information content (AvgIpc) is 3.38. The molecule has 0 saturated heterocycles. The van der Waals surface area contributed by atoms with E-state index in [-0.39, 0.29) is 18.5 Å². The number of rotatable bonds is 61. The third-order valence-corrected chi connectivity index (χ3v) is 15.2. The number of nitrogens with one attached hydrogen (secondary N) is 1. The minimum Gasteiger partial charge on any atom is -0.466 e. The van der Waals surface area contributed by atoms with Crippen LogP contribution in [0, 0.1) is 0 Å². The predicted molar refractivity (Wildman–Crippen MR) is 315 cm³/mol. The molecule has 0 aromatic carbocycles. The number of aliphatic hydroxyl groups is 2. The van der Waals surface area contributed by atoms with Gasteiger partial charge in [-0.05, 0) is 77.0 Å². The fourth-order valence-electron chi connectivity index (χ4n) is 10.2. The lowest BCUT2D eigenvalue weighted by Crippen LogP contribution is -2.45. The lowest BCUT2D eigenvalue weighted by molar-refractivity contribution is -0.143. The highest BCUT2D eigenvalue weighted by Gasteiger charge is 2.20. The number of hydrogen-bond acceptors (Lipinski definition) is 5. The number of hydrogen-bond donors (Lipinski definition) is 3. The van der Waals surface area contributed by atoms with Crippen LogP contribution in [-0.4, -0.2) is 47.4 Å². The molecule has 0 saturated carbocycles. The van der Waals surface area contributed by atoms with Crippen molar-refractivity contribution in [1.29, 1.82) is 0 Å². The molecule has 1 amide bonds. The first-order valence-corrected chi connectivity index (χ1v) is 32.6. The quantitative estimate of drug-likeness (QED) is 0.0320. The van der Waals surface area contributed by atoms with Gasteiger partial charge in [0.25, 0.3) is 0 Å². The molecule has 0 aliphatic carbocycles. The van der Waals surface area contributed by atoms with Crippen molar-refractivity contribution in [3.63, 3.8) is 0 Å². The van der Waals surface area contributed by atoms with Crippen molar-refractivity contribution >= 4 is 11.9 Å². The van der Waals surface area contributed by atoms with Gasteiger partial charge < -0.3 is 20.3 Å². The zero-order valence-electron chi connectivity index (χ0n) is 48.7. The smallest absolute Gasteiger partial charge is 0.305 e. The van der Waals surface area contributed by atoms with Crippen LogP contribution in [0.1, 0.15) is 361 Å². The Bertz CT molecular complexity index is 1120. The molecule has 72 heavy (non-hydrogen) atoms. The predicted octanol–water partition coefficient (Wildman–Crippen LogP) is 20.6. The van der Waals surface area contributed by atoms with Crippen LogP contribution in [0.25, 0.3) is 0 Å². The van der Waals surface area contributed by atoms with Gasteiger partial charge in [0.15, 0.2) is 0 Å². The fraction of sp³-hybridized carbons (Fsp3) is 0.909. The molecule has 0 fully saturated rings. The summed E-state index contributed by atoms with van der Waals surface area (Å²) in [7, 11) is 0. The third-order valence-electron chi connectivity index (χ3n) is 15.2. The highest BCUT2D eigenvalue weighted by Crippen LogP contribution is 2.18. The van der Waals surface area contributed by atoms with Crippen molar-refractivity contribution in [2.75, 3.05) is 13.2 Å². The maximum atomic E-state index is 12.5. The van der Waals surface area contributed by atoms with E-state index in [0.29, 0.717) is 25.9 Å². The molecule has 0 bridgehead atoms. The first-order chi connectivity index (χ1) is 35.5. The van der Waals surface area contributed by atoms with Gasteiger partial charge in [0.05, 0.1) is 25.4 Å². The van der Waals surface area contributed by atoms with Crippen LogP contribution in [-0.2, 0) is 14.3 Å². The van der Waals surface area contributed by atoms with Crippen LogP contribution in [0.15, 0.2) is 24.3 Å². The van der Waals surface area contributed by atoms with E-state index in [4.69, 9.17) is 4.74 Å². The summed E-state index contributed by atoms with van der Waals surface area (Å²) in [5.41, 5.74) is 0. The van der Waals surface area contributed by atoms with Crippen molar-refractivity contribution in [1.82, 2.24) is 5.32 Å². The zero-order valence-corrected chi connectivity index (χ0v) is 48.7. The Morgan fingerprint density at radius 1 is 0.375 bits per heavy atom. The van der Waals surface area contributed by atoms with Gasteiger partial charge in [-0.25, -0.2) is 0 Å². The molecule has 0 aromatic rings. The zero-order chi connectivity index (χ0) is 52.2. The van der Waals surface area contributed by atoms with E-state index in [1.807, 2.05) is 0 Å². The second kappa shape index (κ2) is 61.9. The lowest BCUT2D eigenvalue weighted by Gasteiger charge is -2.22. The Morgan fingerprint density at radius 3 is 0.986 bits per heavy atom. The van der Waals surface area contributed by atoms with E-state index in [9.17, 15) is 19.8 Å². The SMILES string of the molecule is CCCCCCCCC/C=C\CCCCCCCC(=O)OCCCCCCCCCCC/C=C\CCCCCCCCCC(=O)NC(CO)C(O)CCCCCCCCCCCCCCCCCCCCC. The molecule has 2 atom stereocenters. The normalized spacial score (nSPS) is 12.7. The van der Waals surface area contributed by atoms with Crippen molar-refractivity contribution in [3.8, 4) is 0 Å². The van der Waals surface area contributed by atoms with E-state index < -0.39 is 12.1 Å². The molecule has 0 heterocycles. The van der Waals surface area contributed by atoms with Crippen LogP contribution in [0.2, 0.25) is 0 Å². The van der Waals surface area contributed by atoms with Gasteiger partial charge >= 0.3 is 5.97 Å². The van der Waals surface area contributed by atoms with Crippen LogP contribution < -0.4 is 5.32 Å².